The zero-order valence-electron chi connectivity index (χ0n) is 11.5. The van der Waals surface area contributed by atoms with Gasteiger partial charge in [-0.1, -0.05) is 18.5 Å². The molecule has 1 fully saturated rings. The Morgan fingerprint density at radius 1 is 1.47 bits per heavy atom. The van der Waals surface area contributed by atoms with E-state index in [9.17, 15) is 0 Å². The molecular formula is C15H22ClNO2. The lowest BCUT2D eigenvalue weighted by atomic mass is 10.2. The molecule has 0 spiro atoms. The average Bonchev–Trinajstić information content (AvgIpc) is 2.91. The number of hydrogen-bond donors (Lipinski definition) is 1. The largest absolute Gasteiger partial charge is 0.493 e. The van der Waals surface area contributed by atoms with E-state index in [4.69, 9.17) is 21.1 Å². The summed E-state index contributed by atoms with van der Waals surface area (Å²) in [7, 11) is 0. The van der Waals surface area contributed by atoms with Crippen LogP contribution < -0.4 is 10.1 Å². The molecule has 0 radical (unpaired) electrons. The molecule has 4 heteroatoms. The zero-order valence-corrected chi connectivity index (χ0v) is 12.2. The highest BCUT2D eigenvalue weighted by atomic mass is 35.5. The molecule has 1 aliphatic rings. The van der Waals surface area contributed by atoms with Crippen LogP contribution >= 0.6 is 11.6 Å². The van der Waals surface area contributed by atoms with Gasteiger partial charge in [-0.15, -0.1) is 0 Å². The molecule has 0 saturated carbocycles. The first-order chi connectivity index (χ1) is 9.29. The number of nitrogens with one attached hydrogen (secondary N) is 1. The molecule has 0 bridgehead atoms. The lowest BCUT2D eigenvalue weighted by Crippen LogP contribution is -2.26. The van der Waals surface area contributed by atoms with Crippen molar-refractivity contribution in [3.05, 3.63) is 28.8 Å². The summed E-state index contributed by atoms with van der Waals surface area (Å²) in [6.07, 6.45) is 3.70. The van der Waals surface area contributed by atoms with E-state index in [0.717, 1.165) is 55.5 Å². The van der Waals surface area contributed by atoms with E-state index in [1.165, 1.54) is 6.42 Å². The maximum atomic E-state index is 6.05. The predicted molar refractivity (Wildman–Crippen MR) is 77.9 cm³/mol. The summed E-state index contributed by atoms with van der Waals surface area (Å²) in [5, 5.41) is 4.17. The molecule has 1 aliphatic heterocycles. The van der Waals surface area contributed by atoms with Crippen LogP contribution in [0.1, 0.15) is 31.7 Å². The number of benzene rings is 1. The molecule has 19 heavy (non-hydrogen) atoms. The van der Waals surface area contributed by atoms with E-state index >= 15 is 0 Å². The Bertz CT molecular complexity index is 392. The van der Waals surface area contributed by atoms with Crippen molar-refractivity contribution in [3.63, 3.8) is 0 Å². The van der Waals surface area contributed by atoms with Gasteiger partial charge >= 0.3 is 0 Å². The highest BCUT2D eigenvalue weighted by Gasteiger charge is 2.15. The number of ether oxygens (including phenoxy) is 2. The third-order valence-electron chi connectivity index (χ3n) is 3.20. The Labute approximate surface area is 120 Å². The van der Waals surface area contributed by atoms with Crippen LogP contribution in [-0.2, 0) is 11.3 Å². The number of halogens is 1. The third kappa shape index (κ3) is 4.68. The minimum absolute atomic E-state index is 0.360. The Kier molecular flexibility index (Phi) is 5.95. The summed E-state index contributed by atoms with van der Waals surface area (Å²) in [6.45, 7) is 5.39. The average molecular weight is 284 g/mol. The summed E-state index contributed by atoms with van der Waals surface area (Å²) >= 11 is 6.05. The van der Waals surface area contributed by atoms with Crippen molar-refractivity contribution in [1.82, 2.24) is 5.32 Å². The lowest BCUT2D eigenvalue weighted by Gasteiger charge is -2.14. The standard InChI is InChI=1S/C15H22ClNO2/c1-2-7-19-15-6-5-13(16)9-12(15)10-17-11-14-4-3-8-18-14/h5-6,9,14,17H,2-4,7-8,10-11H2,1H3. The smallest absolute Gasteiger partial charge is 0.123 e. The maximum Gasteiger partial charge on any atom is 0.123 e. The summed E-state index contributed by atoms with van der Waals surface area (Å²) in [5.74, 6) is 0.922. The monoisotopic (exact) mass is 283 g/mol. The van der Waals surface area contributed by atoms with Crippen molar-refractivity contribution in [2.75, 3.05) is 19.8 Å². The molecular weight excluding hydrogens is 262 g/mol. The van der Waals surface area contributed by atoms with E-state index in [1.807, 2.05) is 18.2 Å². The van der Waals surface area contributed by atoms with Gasteiger partial charge in [0.1, 0.15) is 5.75 Å². The normalized spacial score (nSPS) is 18.7. The summed E-state index contributed by atoms with van der Waals surface area (Å²) in [6, 6.07) is 5.78. The molecule has 2 rings (SSSR count). The van der Waals surface area contributed by atoms with Crippen LogP contribution in [0.2, 0.25) is 5.02 Å². The van der Waals surface area contributed by atoms with Crippen molar-refractivity contribution in [3.8, 4) is 5.75 Å². The molecule has 1 atom stereocenters. The first-order valence-corrected chi connectivity index (χ1v) is 7.41. The van der Waals surface area contributed by atoms with Crippen LogP contribution in [0.25, 0.3) is 0 Å². The Morgan fingerprint density at radius 3 is 3.11 bits per heavy atom. The zero-order chi connectivity index (χ0) is 13.5. The van der Waals surface area contributed by atoms with Gasteiger partial charge in [0.15, 0.2) is 0 Å². The predicted octanol–water partition coefficient (Wildman–Crippen LogP) is 3.40. The van der Waals surface area contributed by atoms with E-state index in [2.05, 4.69) is 12.2 Å². The van der Waals surface area contributed by atoms with Gasteiger partial charge in [-0.05, 0) is 37.5 Å². The van der Waals surface area contributed by atoms with Gasteiger partial charge < -0.3 is 14.8 Å². The third-order valence-corrected chi connectivity index (χ3v) is 3.43. The van der Waals surface area contributed by atoms with Crippen molar-refractivity contribution in [2.24, 2.45) is 0 Å². The van der Waals surface area contributed by atoms with Crippen LogP contribution in [-0.4, -0.2) is 25.9 Å². The number of rotatable bonds is 7. The van der Waals surface area contributed by atoms with Crippen LogP contribution in [0.3, 0.4) is 0 Å². The SMILES string of the molecule is CCCOc1ccc(Cl)cc1CNCC1CCCO1. The Hall–Kier alpha value is -0.770. The van der Waals surface area contributed by atoms with Crippen molar-refractivity contribution in [1.29, 1.82) is 0 Å². The van der Waals surface area contributed by atoms with Gasteiger partial charge in [0.2, 0.25) is 0 Å². The second kappa shape index (κ2) is 7.73. The molecule has 1 aromatic rings. The van der Waals surface area contributed by atoms with Gasteiger partial charge in [-0.2, -0.15) is 0 Å². The molecule has 106 valence electrons. The van der Waals surface area contributed by atoms with Crippen LogP contribution in [0.5, 0.6) is 5.75 Å². The van der Waals surface area contributed by atoms with E-state index in [1.54, 1.807) is 0 Å². The van der Waals surface area contributed by atoms with Crippen molar-refractivity contribution < 1.29 is 9.47 Å². The summed E-state index contributed by atoms with van der Waals surface area (Å²) in [5.41, 5.74) is 1.11. The quantitative estimate of drug-likeness (QED) is 0.832. The van der Waals surface area contributed by atoms with Gasteiger partial charge in [0.05, 0.1) is 12.7 Å². The summed E-state index contributed by atoms with van der Waals surface area (Å²) < 4.78 is 11.3. The molecule has 0 amide bonds. The van der Waals surface area contributed by atoms with Gasteiger partial charge in [-0.25, -0.2) is 0 Å². The molecule has 1 unspecified atom stereocenters. The van der Waals surface area contributed by atoms with Gasteiger partial charge in [-0.3, -0.25) is 0 Å². The van der Waals surface area contributed by atoms with E-state index in [0.29, 0.717) is 6.10 Å². The molecule has 0 aromatic heterocycles. The fraction of sp³-hybridized carbons (Fsp3) is 0.600. The molecule has 0 aliphatic carbocycles. The minimum Gasteiger partial charge on any atom is -0.493 e. The molecule has 1 saturated heterocycles. The first kappa shape index (κ1) is 14.6. The Balaban J connectivity index is 1.87. The van der Waals surface area contributed by atoms with Gasteiger partial charge in [0.25, 0.3) is 0 Å². The second-order valence-electron chi connectivity index (χ2n) is 4.87. The topological polar surface area (TPSA) is 30.5 Å². The Morgan fingerprint density at radius 2 is 2.37 bits per heavy atom. The van der Waals surface area contributed by atoms with Crippen LogP contribution in [0.4, 0.5) is 0 Å². The first-order valence-electron chi connectivity index (χ1n) is 7.03. The fourth-order valence-electron chi connectivity index (χ4n) is 2.21. The number of hydrogen-bond acceptors (Lipinski definition) is 3. The molecule has 1 heterocycles. The van der Waals surface area contributed by atoms with Gasteiger partial charge in [0, 0.05) is 30.3 Å². The second-order valence-corrected chi connectivity index (χ2v) is 5.30. The van der Waals surface area contributed by atoms with E-state index in [-0.39, 0.29) is 0 Å². The lowest BCUT2D eigenvalue weighted by molar-refractivity contribution is 0.110. The molecule has 1 aromatic carbocycles. The van der Waals surface area contributed by atoms with Crippen molar-refractivity contribution in [2.45, 2.75) is 38.8 Å². The molecule has 3 nitrogen and oxygen atoms in total. The van der Waals surface area contributed by atoms with Crippen LogP contribution in [0.15, 0.2) is 18.2 Å². The maximum absolute atomic E-state index is 6.05. The highest BCUT2D eigenvalue weighted by molar-refractivity contribution is 6.30. The van der Waals surface area contributed by atoms with Crippen molar-refractivity contribution >= 4 is 11.6 Å². The summed E-state index contributed by atoms with van der Waals surface area (Å²) in [4.78, 5) is 0. The van der Waals surface area contributed by atoms with Crippen LogP contribution in [0, 0.1) is 0 Å². The fourth-order valence-corrected chi connectivity index (χ4v) is 2.41. The minimum atomic E-state index is 0.360. The molecule has 1 N–H and O–H groups in total. The van der Waals surface area contributed by atoms with E-state index < -0.39 is 0 Å². The highest BCUT2D eigenvalue weighted by Crippen LogP contribution is 2.23.